The first-order valence-corrected chi connectivity index (χ1v) is 8.37. The number of methoxy groups -OCH3 is 2. The van der Waals surface area contributed by atoms with Crippen LogP contribution < -0.4 is 19.7 Å². The number of benzene rings is 1. The van der Waals surface area contributed by atoms with Crippen LogP contribution in [0.4, 0.5) is 17.5 Å². The minimum absolute atomic E-state index is 0.570. The number of hydrogen-bond acceptors (Lipinski definition) is 6. The van der Waals surface area contributed by atoms with E-state index < -0.39 is 0 Å². The van der Waals surface area contributed by atoms with Crippen LogP contribution in [-0.4, -0.2) is 37.3 Å². The molecule has 128 valence electrons. The van der Waals surface area contributed by atoms with E-state index in [1.165, 1.54) is 25.7 Å². The molecular formula is C18H24N4O2. The van der Waals surface area contributed by atoms with Gasteiger partial charge >= 0.3 is 0 Å². The van der Waals surface area contributed by atoms with Crippen LogP contribution in [0.2, 0.25) is 0 Å². The third kappa shape index (κ3) is 3.88. The highest BCUT2D eigenvalue weighted by Gasteiger charge is 2.13. The number of rotatable bonds is 5. The summed E-state index contributed by atoms with van der Waals surface area (Å²) in [5.41, 5.74) is 0.811. The van der Waals surface area contributed by atoms with Crippen molar-refractivity contribution in [2.75, 3.05) is 37.5 Å². The average Bonchev–Trinajstić information content (AvgIpc) is 2.92. The largest absolute Gasteiger partial charge is 0.497 e. The van der Waals surface area contributed by atoms with Crippen molar-refractivity contribution in [1.82, 2.24) is 9.97 Å². The Morgan fingerprint density at radius 3 is 2.50 bits per heavy atom. The van der Waals surface area contributed by atoms with E-state index in [9.17, 15) is 0 Å². The number of anilines is 3. The molecule has 2 aromatic rings. The molecule has 0 saturated carbocycles. The van der Waals surface area contributed by atoms with Crippen molar-refractivity contribution in [2.45, 2.75) is 25.7 Å². The molecule has 24 heavy (non-hydrogen) atoms. The van der Waals surface area contributed by atoms with Crippen molar-refractivity contribution in [3.63, 3.8) is 0 Å². The van der Waals surface area contributed by atoms with Gasteiger partial charge in [0.25, 0.3) is 0 Å². The second kappa shape index (κ2) is 7.86. The molecule has 0 radical (unpaired) electrons. The lowest BCUT2D eigenvalue weighted by atomic mass is 10.2. The Bertz CT molecular complexity index is 670. The zero-order valence-electron chi connectivity index (χ0n) is 14.3. The molecule has 0 bridgehead atoms. The maximum Gasteiger partial charge on any atom is 0.229 e. The molecule has 1 saturated heterocycles. The molecule has 2 heterocycles. The summed E-state index contributed by atoms with van der Waals surface area (Å²) in [4.78, 5) is 11.3. The standard InChI is InChI=1S/C18H24N4O2/c1-23-14-7-8-15(16(13-14)24-2)20-18-19-10-9-17(21-18)22-11-5-3-4-6-12-22/h7-10,13H,3-6,11-12H2,1-2H3,(H,19,20,21). The lowest BCUT2D eigenvalue weighted by molar-refractivity contribution is 0.395. The van der Waals surface area contributed by atoms with E-state index in [-0.39, 0.29) is 0 Å². The molecule has 1 aromatic carbocycles. The highest BCUT2D eigenvalue weighted by atomic mass is 16.5. The Balaban J connectivity index is 1.79. The van der Waals surface area contributed by atoms with Crippen LogP contribution in [0.1, 0.15) is 25.7 Å². The van der Waals surface area contributed by atoms with Gasteiger partial charge in [0.2, 0.25) is 5.95 Å². The van der Waals surface area contributed by atoms with Crippen molar-refractivity contribution >= 4 is 17.5 Å². The zero-order valence-corrected chi connectivity index (χ0v) is 14.3. The molecule has 0 spiro atoms. The van der Waals surface area contributed by atoms with Gasteiger partial charge < -0.3 is 19.7 Å². The monoisotopic (exact) mass is 328 g/mol. The summed E-state index contributed by atoms with van der Waals surface area (Å²) in [6, 6.07) is 7.59. The Kier molecular flexibility index (Phi) is 5.36. The van der Waals surface area contributed by atoms with Crippen LogP contribution in [0.25, 0.3) is 0 Å². The van der Waals surface area contributed by atoms with Gasteiger partial charge in [-0.15, -0.1) is 0 Å². The van der Waals surface area contributed by atoms with Crippen LogP contribution in [-0.2, 0) is 0 Å². The predicted octanol–water partition coefficient (Wildman–Crippen LogP) is 3.62. The van der Waals surface area contributed by atoms with Crippen molar-refractivity contribution < 1.29 is 9.47 Å². The molecule has 3 rings (SSSR count). The fourth-order valence-electron chi connectivity index (χ4n) is 2.91. The summed E-state index contributed by atoms with van der Waals surface area (Å²) in [6.07, 6.45) is 6.84. The summed E-state index contributed by atoms with van der Waals surface area (Å²) in [6.45, 7) is 2.12. The van der Waals surface area contributed by atoms with Gasteiger partial charge in [0.1, 0.15) is 17.3 Å². The van der Waals surface area contributed by atoms with Gasteiger partial charge in [0.15, 0.2) is 0 Å². The lowest BCUT2D eigenvalue weighted by Crippen LogP contribution is -2.25. The molecule has 1 N–H and O–H groups in total. The van der Waals surface area contributed by atoms with E-state index >= 15 is 0 Å². The maximum absolute atomic E-state index is 5.41. The van der Waals surface area contributed by atoms with Crippen LogP contribution >= 0.6 is 0 Å². The lowest BCUT2D eigenvalue weighted by Gasteiger charge is -2.21. The second-order valence-electron chi connectivity index (χ2n) is 5.83. The molecule has 1 aliphatic rings. The van der Waals surface area contributed by atoms with Gasteiger partial charge in [-0.1, -0.05) is 12.8 Å². The van der Waals surface area contributed by atoms with E-state index in [0.29, 0.717) is 11.7 Å². The second-order valence-corrected chi connectivity index (χ2v) is 5.83. The number of aromatic nitrogens is 2. The number of ether oxygens (including phenoxy) is 2. The van der Waals surface area contributed by atoms with E-state index in [2.05, 4.69) is 20.2 Å². The molecule has 0 aliphatic carbocycles. The summed E-state index contributed by atoms with van der Waals surface area (Å²) < 4.78 is 10.6. The molecule has 0 amide bonds. The third-order valence-corrected chi connectivity index (χ3v) is 4.23. The smallest absolute Gasteiger partial charge is 0.229 e. The third-order valence-electron chi connectivity index (χ3n) is 4.23. The molecule has 6 nitrogen and oxygen atoms in total. The van der Waals surface area contributed by atoms with Crippen LogP contribution in [0.15, 0.2) is 30.5 Å². The molecule has 1 fully saturated rings. The van der Waals surface area contributed by atoms with Gasteiger partial charge in [0.05, 0.1) is 19.9 Å². The minimum atomic E-state index is 0.570. The SMILES string of the molecule is COc1ccc(Nc2nccc(N3CCCCCC3)n2)c(OC)c1. The Morgan fingerprint density at radius 1 is 1.00 bits per heavy atom. The molecule has 1 aromatic heterocycles. The Labute approximate surface area is 142 Å². The Morgan fingerprint density at radius 2 is 1.79 bits per heavy atom. The van der Waals surface area contributed by atoms with Gasteiger partial charge in [-0.3, -0.25) is 0 Å². The quantitative estimate of drug-likeness (QED) is 0.904. The molecule has 0 unspecified atom stereocenters. The minimum Gasteiger partial charge on any atom is -0.497 e. The maximum atomic E-state index is 5.41. The highest BCUT2D eigenvalue weighted by molar-refractivity contribution is 5.65. The molecular weight excluding hydrogens is 304 g/mol. The number of nitrogens with zero attached hydrogens (tertiary/aromatic N) is 3. The fourth-order valence-corrected chi connectivity index (χ4v) is 2.91. The average molecular weight is 328 g/mol. The molecule has 1 aliphatic heterocycles. The highest BCUT2D eigenvalue weighted by Crippen LogP contribution is 2.31. The number of hydrogen-bond donors (Lipinski definition) is 1. The van der Waals surface area contributed by atoms with Crippen LogP contribution in [0.5, 0.6) is 11.5 Å². The van der Waals surface area contributed by atoms with Crippen LogP contribution in [0, 0.1) is 0 Å². The summed E-state index contributed by atoms with van der Waals surface area (Å²) >= 11 is 0. The van der Waals surface area contributed by atoms with E-state index in [1.807, 2.05) is 24.3 Å². The van der Waals surface area contributed by atoms with Crippen molar-refractivity contribution in [3.8, 4) is 11.5 Å². The number of nitrogens with one attached hydrogen (secondary N) is 1. The first-order valence-electron chi connectivity index (χ1n) is 8.37. The zero-order chi connectivity index (χ0) is 16.8. The first-order chi connectivity index (χ1) is 11.8. The van der Waals surface area contributed by atoms with E-state index in [1.54, 1.807) is 20.4 Å². The molecule has 0 atom stereocenters. The van der Waals surface area contributed by atoms with Crippen molar-refractivity contribution in [2.24, 2.45) is 0 Å². The van der Waals surface area contributed by atoms with E-state index in [4.69, 9.17) is 9.47 Å². The van der Waals surface area contributed by atoms with Gasteiger partial charge in [-0.2, -0.15) is 4.98 Å². The van der Waals surface area contributed by atoms with Crippen molar-refractivity contribution in [3.05, 3.63) is 30.5 Å². The van der Waals surface area contributed by atoms with E-state index in [0.717, 1.165) is 30.3 Å². The summed E-state index contributed by atoms with van der Waals surface area (Å²) in [7, 11) is 3.27. The summed E-state index contributed by atoms with van der Waals surface area (Å²) in [5.74, 6) is 2.98. The fraction of sp³-hybridized carbons (Fsp3) is 0.444. The van der Waals surface area contributed by atoms with Gasteiger partial charge in [-0.25, -0.2) is 4.98 Å². The molecule has 6 heteroatoms. The van der Waals surface area contributed by atoms with Crippen LogP contribution in [0.3, 0.4) is 0 Å². The van der Waals surface area contributed by atoms with Crippen molar-refractivity contribution in [1.29, 1.82) is 0 Å². The summed E-state index contributed by atoms with van der Waals surface area (Å²) in [5, 5.41) is 3.24. The van der Waals surface area contributed by atoms with Gasteiger partial charge in [-0.05, 0) is 31.0 Å². The normalized spacial score (nSPS) is 14.8. The topological polar surface area (TPSA) is 59.5 Å². The predicted molar refractivity (Wildman–Crippen MR) is 95.5 cm³/mol. The first kappa shape index (κ1) is 16.4. The van der Waals surface area contributed by atoms with Gasteiger partial charge in [0, 0.05) is 25.4 Å². The Hall–Kier alpha value is -2.50.